The molecule has 0 aliphatic rings. The van der Waals surface area contributed by atoms with Gasteiger partial charge in [0.15, 0.2) is 5.60 Å². The Morgan fingerprint density at radius 2 is 1.53 bits per heavy atom. The summed E-state index contributed by atoms with van der Waals surface area (Å²) in [7, 11) is 0. The summed E-state index contributed by atoms with van der Waals surface area (Å²) < 4.78 is 37.5. The lowest BCUT2D eigenvalue weighted by atomic mass is 9.95. The fourth-order valence-corrected chi connectivity index (χ4v) is 1.87. The molecule has 1 rings (SSSR count). The highest BCUT2D eigenvalue weighted by Gasteiger charge is 2.53. The smallest absolute Gasteiger partial charge is 0.376 e. The summed E-state index contributed by atoms with van der Waals surface area (Å²) in [4.78, 5) is 0. The van der Waals surface area contributed by atoms with Crippen LogP contribution in [0.2, 0.25) is 10.0 Å². The molecule has 0 saturated carbocycles. The second-order valence-electron chi connectivity index (χ2n) is 3.17. The van der Waals surface area contributed by atoms with Gasteiger partial charge < -0.3 is 5.11 Å². The minimum Gasteiger partial charge on any atom is -0.376 e. The molecular formula is C9H7Cl2F3O. The third-order valence-corrected chi connectivity index (χ3v) is 2.63. The highest BCUT2D eigenvalue weighted by Crippen LogP contribution is 2.44. The van der Waals surface area contributed by atoms with Crippen LogP contribution >= 0.6 is 23.2 Å². The van der Waals surface area contributed by atoms with E-state index in [1.165, 1.54) is 18.2 Å². The van der Waals surface area contributed by atoms with E-state index in [9.17, 15) is 18.3 Å². The summed E-state index contributed by atoms with van der Waals surface area (Å²) in [5, 5.41) is 8.95. The molecule has 0 fully saturated rings. The highest BCUT2D eigenvalue weighted by atomic mass is 35.5. The Balaban J connectivity index is 3.39. The summed E-state index contributed by atoms with van der Waals surface area (Å²) in [5.41, 5.74) is -3.58. The van der Waals surface area contributed by atoms with Gasteiger partial charge in [0.1, 0.15) is 0 Å². The van der Waals surface area contributed by atoms with Gasteiger partial charge in [-0.1, -0.05) is 29.3 Å². The molecule has 1 nitrogen and oxygen atoms in total. The third kappa shape index (κ3) is 2.22. The highest BCUT2D eigenvalue weighted by molar-refractivity contribution is 6.36. The average molecular weight is 259 g/mol. The maximum atomic E-state index is 12.5. The quantitative estimate of drug-likeness (QED) is 0.813. The van der Waals surface area contributed by atoms with Gasteiger partial charge in [-0.3, -0.25) is 0 Å². The van der Waals surface area contributed by atoms with Crippen molar-refractivity contribution in [2.24, 2.45) is 0 Å². The van der Waals surface area contributed by atoms with Gasteiger partial charge in [0.25, 0.3) is 0 Å². The van der Waals surface area contributed by atoms with Crippen LogP contribution in [0.25, 0.3) is 0 Å². The molecule has 0 spiro atoms. The number of rotatable bonds is 1. The predicted molar refractivity (Wildman–Crippen MR) is 52.1 cm³/mol. The van der Waals surface area contributed by atoms with E-state index in [-0.39, 0.29) is 10.0 Å². The molecule has 0 heterocycles. The Labute approximate surface area is 94.4 Å². The largest absolute Gasteiger partial charge is 0.421 e. The van der Waals surface area contributed by atoms with Gasteiger partial charge in [-0.15, -0.1) is 0 Å². The van der Waals surface area contributed by atoms with Crippen LogP contribution in [0.4, 0.5) is 13.2 Å². The van der Waals surface area contributed by atoms with Crippen molar-refractivity contribution >= 4 is 23.2 Å². The van der Waals surface area contributed by atoms with Crippen LogP contribution in [0, 0.1) is 0 Å². The number of halogens is 5. The van der Waals surface area contributed by atoms with Crippen molar-refractivity contribution in [1.29, 1.82) is 0 Å². The fraction of sp³-hybridized carbons (Fsp3) is 0.333. The Morgan fingerprint density at radius 3 is 1.87 bits per heavy atom. The standard InChI is InChI=1S/C9H7Cl2F3O/c1-8(15,9(12,13)14)7-5(10)3-2-4-6(7)11/h2-4,15H,1H3. The molecule has 1 aromatic carbocycles. The van der Waals surface area contributed by atoms with Crippen LogP contribution in [0.1, 0.15) is 12.5 Å². The van der Waals surface area contributed by atoms with Gasteiger partial charge >= 0.3 is 6.18 Å². The molecule has 15 heavy (non-hydrogen) atoms. The summed E-state index contributed by atoms with van der Waals surface area (Å²) in [6, 6.07) is 3.88. The van der Waals surface area contributed by atoms with E-state index in [0.29, 0.717) is 6.92 Å². The first-order chi connectivity index (χ1) is 6.68. The summed E-state index contributed by atoms with van der Waals surface area (Å²) in [6.07, 6.45) is -4.83. The van der Waals surface area contributed by atoms with Gasteiger partial charge in [-0.05, 0) is 19.1 Å². The third-order valence-electron chi connectivity index (χ3n) is 2.00. The molecule has 0 radical (unpaired) electrons. The van der Waals surface area contributed by atoms with Crippen molar-refractivity contribution in [3.05, 3.63) is 33.8 Å². The van der Waals surface area contributed by atoms with Gasteiger partial charge in [-0.2, -0.15) is 13.2 Å². The predicted octanol–water partition coefficient (Wildman–Crippen LogP) is 3.76. The maximum Gasteiger partial charge on any atom is 0.421 e. The molecule has 1 unspecified atom stereocenters. The molecular weight excluding hydrogens is 252 g/mol. The van der Waals surface area contributed by atoms with Crippen LogP contribution < -0.4 is 0 Å². The molecule has 0 aliphatic heterocycles. The van der Waals surface area contributed by atoms with Crippen LogP contribution in [0.3, 0.4) is 0 Å². The van der Waals surface area contributed by atoms with Crippen molar-refractivity contribution in [3.8, 4) is 0 Å². The molecule has 1 aromatic rings. The fourth-order valence-electron chi connectivity index (χ4n) is 1.10. The number of alkyl halides is 3. The number of aliphatic hydroxyl groups is 1. The molecule has 6 heteroatoms. The van der Waals surface area contributed by atoms with E-state index in [1.807, 2.05) is 0 Å². The topological polar surface area (TPSA) is 20.2 Å². The van der Waals surface area contributed by atoms with E-state index in [2.05, 4.69) is 0 Å². The Morgan fingerprint density at radius 1 is 1.13 bits per heavy atom. The van der Waals surface area contributed by atoms with Crippen molar-refractivity contribution in [1.82, 2.24) is 0 Å². The molecule has 0 saturated heterocycles. The molecule has 1 N–H and O–H groups in total. The first kappa shape index (κ1) is 12.6. The number of hydrogen-bond donors (Lipinski definition) is 1. The lowest BCUT2D eigenvalue weighted by Crippen LogP contribution is -2.39. The van der Waals surface area contributed by atoms with Crippen molar-refractivity contribution in [3.63, 3.8) is 0 Å². The lowest BCUT2D eigenvalue weighted by Gasteiger charge is -2.28. The van der Waals surface area contributed by atoms with Crippen LogP contribution in [-0.4, -0.2) is 11.3 Å². The van der Waals surface area contributed by atoms with Crippen LogP contribution in [-0.2, 0) is 5.60 Å². The Kier molecular flexibility index (Phi) is 3.24. The second-order valence-corrected chi connectivity index (χ2v) is 3.98. The van der Waals surface area contributed by atoms with Crippen molar-refractivity contribution < 1.29 is 18.3 Å². The van der Waals surface area contributed by atoms with Gasteiger partial charge in [0.2, 0.25) is 0 Å². The minimum absolute atomic E-state index is 0.218. The lowest BCUT2D eigenvalue weighted by molar-refractivity contribution is -0.258. The number of benzene rings is 1. The molecule has 0 bridgehead atoms. The second kappa shape index (κ2) is 3.85. The molecule has 0 aromatic heterocycles. The first-order valence-electron chi connectivity index (χ1n) is 3.91. The normalized spacial score (nSPS) is 16.2. The molecule has 1 atom stereocenters. The zero-order valence-corrected chi connectivity index (χ0v) is 9.08. The zero-order valence-electron chi connectivity index (χ0n) is 7.57. The number of hydrogen-bond acceptors (Lipinski definition) is 1. The van der Waals surface area contributed by atoms with E-state index >= 15 is 0 Å². The van der Waals surface area contributed by atoms with E-state index in [1.54, 1.807) is 0 Å². The minimum atomic E-state index is -4.83. The molecule has 0 amide bonds. The van der Waals surface area contributed by atoms with E-state index < -0.39 is 17.3 Å². The molecule has 84 valence electrons. The summed E-state index contributed by atoms with van der Waals surface area (Å²) >= 11 is 11.2. The monoisotopic (exact) mass is 258 g/mol. The van der Waals surface area contributed by atoms with E-state index in [0.717, 1.165) is 0 Å². The van der Waals surface area contributed by atoms with E-state index in [4.69, 9.17) is 23.2 Å². The zero-order chi connectivity index (χ0) is 11.9. The van der Waals surface area contributed by atoms with Crippen molar-refractivity contribution in [2.45, 2.75) is 18.7 Å². The first-order valence-corrected chi connectivity index (χ1v) is 4.67. The van der Waals surface area contributed by atoms with Gasteiger partial charge in [0, 0.05) is 15.6 Å². The Hall–Kier alpha value is -0.450. The van der Waals surface area contributed by atoms with Gasteiger partial charge in [0.05, 0.1) is 0 Å². The summed E-state index contributed by atoms with van der Waals surface area (Å²) in [5.74, 6) is 0. The average Bonchev–Trinajstić information content (AvgIpc) is 2.00. The SMILES string of the molecule is CC(O)(c1c(Cl)cccc1Cl)C(F)(F)F. The van der Waals surface area contributed by atoms with Crippen LogP contribution in [0.15, 0.2) is 18.2 Å². The molecule has 0 aliphatic carbocycles. The van der Waals surface area contributed by atoms with Crippen LogP contribution in [0.5, 0.6) is 0 Å². The Bertz CT molecular complexity index is 354. The van der Waals surface area contributed by atoms with Crippen molar-refractivity contribution in [2.75, 3.05) is 0 Å². The summed E-state index contributed by atoms with van der Waals surface area (Å²) in [6.45, 7) is 0.611. The van der Waals surface area contributed by atoms with Gasteiger partial charge in [-0.25, -0.2) is 0 Å². The maximum absolute atomic E-state index is 12.5.